The summed E-state index contributed by atoms with van der Waals surface area (Å²) in [6, 6.07) is 9.53. The van der Waals surface area contributed by atoms with Gasteiger partial charge in [0, 0.05) is 27.6 Å². The van der Waals surface area contributed by atoms with Crippen molar-refractivity contribution in [3.05, 3.63) is 63.4 Å². The highest BCUT2D eigenvalue weighted by atomic mass is 32.2. The lowest BCUT2D eigenvalue weighted by Gasteiger charge is -2.07. The summed E-state index contributed by atoms with van der Waals surface area (Å²) in [7, 11) is 0. The molecule has 0 fully saturated rings. The fraction of sp³-hybridized carbons (Fsp3) is 0.250. The summed E-state index contributed by atoms with van der Waals surface area (Å²) in [5.74, 6) is 1.01. The third-order valence-corrected chi connectivity index (χ3v) is 6.34. The molecule has 0 saturated carbocycles. The van der Waals surface area contributed by atoms with Crippen LogP contribution < -0.4 is 5.32 Å². The first-order valence-corrected chi connectivity index (χ1v) is 10.9. The standard InChI is InChI=1S/C20H20N6OS2/c1-11-9-12(2)26-18(21-11)24-20(25-26)28-10-15-7-5-6-8-16(15)17(27)23-19-22-13(3)14(4)29-19/h5-9H,10H2,1-4H3,(H,22,23,27). The number of thioether (sulfide) groups is 1. The van der Waals surface area contributed by atoms with Gasteiger partial charge in [0.25, 0.3) is 11.7 Å². The Morgan fingerprint density at radius 2 is 1.93 bits per heavy atom. The molecule has 1 N–H and O–H groups in total. The average molecular weight is 425 g/mol. The Morgan fingerprint density at radius 3 is 2.69 bits per heavy atom. The Balaban J connectivity index is 1.52. The average Bonchev–Trinajstić information content (AvgIpc) is 3.23. The first kappa shape index (κ1) is 19.5. The zero-order valence-electron chi connectivity index (χ0n) is 16.6. The summed E-state index contributed by atoms with van der Waals surface area (Å²) in [4.78, 5) is 27.2. The second kappa shape index (κ2) is 7.92. The van der Waals surface area contributed by atoms with Gasteiger partial charge in [-0.15, -0.1) is 16.4 Å². The number of aryl methyl sites for hydroxylation is 4. The topological polar surface area (TPSA) is 85.1 Å². The molecule has 3 aromatic heterocycles. The van der Waals surface area contributed by atoms with Crippen molar-refractivity contribution in [3.8, 4) is 0 Å². The molecule has 4 aromatic rings. The number of carbonyl (C=O) groups is 1. The minimum atomic E-state index is -0.161. The number of nitrogens with one attached hydrogen (secondary N) is 1. The van der Waals surface area contributed by atoms with E-state index in [0.717, 1.165) is 27.5 Å². The van der Waals surface area contributed by atoms with E-state index in [9.17, 15) is 4.79 Å². The highest BCUT2D eigenvalue weighted by Gasteiger charge is 2.15. The smallest absolute Gasteiger partial charge is 0.257 e. The molecule has 0 aliphatic carbocycles. The molecule has 4 rings (SSSR count). The normalized spacial score (nSPS) is 11.2. The van der Waals surface area contributed by atoms with Gasteiger partial charge in [-0.25, -0.2) is 14.5 Å². The minimum Gasteiger partial charge on any atom is -0.298 e. The van der Waals surface area contributed by atoms with Crippen LogP contribution >= 0.6 is 23.1 Å². The van der Waals surface area contributed by atoms with Gasteiger partial charge in [-0.1, -0.05) is 30.0 Å². The van der Waals surface area contributed by atoms with E-state index in [4.69, 9.17) is 0 Å². The lowest BCUT2D eigenvalue weighted by Crippen LogP contribution is -2.13. The fourth-order valence-corrected chi connectivity index (χ4v) is 4.54. The molecule has 0 radical (unpaired) electrons. The van der Waals surface area contributed by atoms with Crippen LogP contribution in [0.3, 0.4) is 0 Å². The molecule has 0 unspecified atom stereocenters. The van der Waals surface area contributed by atoms with E-state index in [0.29, 0.717) is 27.4 Å². The largest absolute Gasteiger partial charge is 0.298 e. The number of carbonyl (C=O) groups excluding carboxylic acids is 1. The van der Waals surface area contributed by atoms with Gasteiger partial charge in [0.05, 0.1) is 5.69 Å². The Bertz CT molecular complexity index is 1190. The molecule has 0 saturated heterocycles. The Labute approximate surface area is 176 Å². The first-order chi connectivity index (χ1) is 13.9. The van der Waals surface area contributed by atoms with Crippen molar-refractivity contribution in [3.63, 3.8) is 0 Å². The summed E-state index contributed by atoms with van der Waals surface area (Å²) >= 11 is 2.96. The van der Waals surface area contributed by atoms with Crippen LogP contribution in [0.1, 0.15) is 37.9 Å². The molecule has 1 amide bonds. The van der Waals surface area contributed by atoms with Crippen molar-refractivity contribution in [1.82, 2.24) is 24.6 Å². The van der Waals surface area contributed by atoms with Crippen LogP contribution in [0.4, 0.5) is 5.13 Å². The molecule has 0 aliphatic heterocycles. The molecule has 0 aliphatic rings. The number of benzene rings is 1. The molecule has 29 heavy (non-hydrogen) atoms. The third-order valence-electron chi connectivity index (χ3n) is 4.47. The number of fused-ring (bicyclic) bond motifs is 1. The van der Waals surface area contributed by atoms with Gasteiger partial charge >= 0.3 is 0 Å². The third kappa shape index (κ3) is 4.15. The SMILES string of the molecule is Cc1cc(C)n2nc(SCc3ccccc3C(=O)Nc3nc(C)c(C)s3)nc2n1. The first-order valence-electron chi connectivity index (χ1n) is 9.08. The summed E-state index contributed by atoms with van der Waals surface area (Å²) in [5.41, 5.74) is 4.37. The van der Waals surface area contributed by atoms with Crippen molar-refractivity contribution < 1.29 is 4.79 Å². The predicted molar refractivity (Wildman–Crippen MR) is 116 cm³/mol. The number of hydrogen-bond donors (Lipinski definition) is 1. The number of aromatic nitrogens is 5. The van der Waals surface area contributed by atoms with E-state index in [1.165, 1.54) is 23.1 Å². The predicted octanol–water partition coefficient (Wildman–Crippen LogP) is 4.36. The van der Waals surface area contributed by atoms with Crippen LogP contribution in [0.15, 0.2) is 35.5 Å². The van der Waals surface area contributed by atoms with Crippen LogP contribution in [0.25, 0.3) is 5.78 Å². The molecular formula is C20H20N6OS2. The van der Waals surface area contributed by atoms with E-state index in [1.807, 2.05) is 58.0 Å². The molecule has 1 aromatic carbocycles. The Hall–Kier alpha value is -2.78. The van der Waals surface area contributed by atoms with Crippen molar-refractivity contribution in [2.24, 2.45) is 0 Å². The summed E-state index contributed by atoms with van der Waals surface area (Å²) < 4.78 is 1.74. The van der Waals surface area contributed by atoms with E-state index in [1.54, 1.807) is 4.52 Å². The van der Waals surface area contributed by atoms with Crippen molar-refractivity contribution in [2.75, 3.05) is 5.32 Å². The van der Waals surface area contributed by atoms with E-state index in [-0.39, 0.29) is 5.91 Å². The summed E-state index contributed by atoms with van der Waals surface area (Å²) in [6.07, 6.45) is 0. The van der Waals surface area contributed by atoms with Crippen LogP contribution in [-0.4, -0.2) is 30.5 Å². The quantitative estimate of drug-likeness (QED) is 0.479. The van der Waals surface area contributed by atoms with Gasteiger partial charge in [0.2, 0.25) is 5.16 Å². The number of hydrogen-bond acceptors (Lipinski definition) is 7. The number of rotatable bonds is 5. The van der Waals surface area contributed by atoms with Gasteiger partial charge in [0.15, 0.2) is 5.13 Å². The second-order valence-corrected chi connectivity index (χ2v) is 8.85. The van der Waals surface area contributed by atoms with Gasteiger partial charge in [-0.3, -0.25) is 10.1 Å². The van der Waals surface area contributed by atoms with Crippen LogP contribution in [0, 0.1) is 27.7 Å². The number of anilines is 1. The van der Waals surface area contributed by atoms with Crippen LogP contribution in [0.2, 0.25) is 0 Å². The molecular weight excluding hydrogens is 404 g/mol. The molecule has 0 bridgehead atoms. The minimum absolute atomic E-state index is 0.161. The zero-order chi connectivity index (χ0) is 20.5. The van der Waals surface area contributed by atoms with Gasteiger partial charge in [-0.2, -0.15) is 4.98 Å². The number of thiazole rings is 1. The monoisotopic (exact) mass is 424 g/mol. The van der Waals surface area contributed by atoms with Crippen molar-refractivity contribution >= 4 is 39.9 Å². The lowest BCUT2D eigenvalue weighted by atomic mass is 10.1. The lowest BCUT2D eigenvalue weighted by molar-refractivity contribution is 0.102. The second-order valence-electron chi connectivity index (χ2n) is 6.71. The maximum absolute atomic E-state index is 12.8. The summed E-state index contributed by atoms with van der Waals surface area (Å²) in [6.45, 7) is 7.85. The fourth-order valence-electron chi connectivity index (χ4n) is 2.91. The Morgan fingerprint density at radius 1 is 1.14 bits per heavy atom. The maximum atomic E-state index is 12.8. The van der Waals surface area contributed by atoms with Gasteiger partial charge in [0.1, 0.15) is 0 Å². The molecule has 0 spiro atoms. The van der Waals surface area contributed by atoms with Crippen molar-refractivity contribution in [2.45, 2.75) is 38.6 Å². The highest BCUT2D eigenvalue weighted by molar-refractivity contribution is 7.98. The molecule has 148 valence electrons. The highest BCUT2D eigenvalue weighted by Crippen LogP contribution is 2.25. The zero-order valence-corrected chi connectivity index (χ0v) is 18.2. The van der Waals surface area contributed by atoms with E-state index >= 15 is 0 Å². The number of nitrogens with zero attached hydrogens (tertiary/aromatic N) is 5. The molecule has 3 heterocycles. The molecule has 0 atom stereocenters. The molecule has 7 nitrogen and oxygen atoms in total. The maximum Gasteiger partial charge on any atom is 0.257 e. The van der Waals surface area contributed by atoms with E-state index in [2.05, 4.69) is 25.4 Å². The number of amides is 1. The van der Waals surface area contributed by atoms with Crippen LogP contribution in [-0.2, 0) is 5.75 Å². The van der Waals surface area contributed by atoms with Gasteiger partial charge < -0.3 is 0 Å². The summed E-state index contributed by atoms with van der Waals surface area (Å²) in [5, 5.41) is 8.68. The molecule has 9 heteroatoms. The Kier molecular flexibility index (Phi) is 5.33. The van der Waals surface area contributed by atoms with Gasteiger partial charge in [-0.05, 0) is 45.4 Å². The van der Waals surface area contributed by atoms with E-state index < -0.39 is 0 Å². The van der Waals surface area contributed by atoms with Crippen molar-refractivity contribution in [1.29, 1.82) is 0 Å². The van der Waals surface area contributed by atoms with Crippen LogP contribution in [0.5, 0.6) is 0 Å².